The number of nitrogens with one attached hydrogen (secondary N) is 1. The highest BCUT2D eigenvalue weighted by Gasteiger charge is 2.14. The lowest BCUT2D eigenvalue weighted by molar-refractivity contribution is -0.384. The van der Waals surface area contributed by atoms with Crippen LogP contribution in [-0.4, -0.2) is 33.2 Å². The van der Waals surface area contributed by atoms with Crippen molar-refractivity contribution in [1.29, 1.82) is 0 Å². The first-order valence-corrected chi connectivity index (χ1v) is 8.37. The van der Waals surface area contributed by atoms with Gasteiger partial charge in [-0.1, -0.05) is 12.1 Å². The number of non-ortho nitro benzene ring substituents is 1. The van der Waals surface area contributed by atoms with Gasteiger partial charge < -0.3 is 10.1 Å². The Bertz CT molecular complexity index is 1040. The third-order valence-electron chi connectivity index (χ3n) is 3.76. The molecule has 1 aromatic heterocycles. The van der Waals surface area contributed by atoms with E-state index in [4.69, 9.17) is 4.74 Å². The number of aromatic nitrogens is 2. The van der Waals surface area contributed by atoms with E-state index in [-0.39, 0.29) is 18.0 Å². The molecule has 0 atom stereocenters. The van der Waals surface area contributed by atoms with E-state index in [1.54, 1.807) is 31.2 Å². The van der Waals surface area contributed by atoms with Gasteiger partial charge in [-0.3, -0.25) is 14.9 Å². The Hall–Kier alpha value is -4.01. The number of nitro benzene ring substituents is 1. The Morgan fingerprint density at radius 3 is 2.71 bits per heavy atom. The Balaban J connectivity index is 1.76. The second kappa shape index (κ2) is 8.12. The number of carbonyl (C=O) groups is 2. The van der Waals surface area contributed by atoms with Crippen molar-refractivity contribution >= 4 is 23.3 Å². The Labute approximate surface area is 159 Å². The van der Waals surface area contributed by atoms with Crippen LogP contribution >= 0.6 is 0 Å². The van der Waals surface area contributed by atoms with Crippen LogP contribution in [-0.2, 0) is 4.74 Å². The number of ether oxygens (including phenoxy) is 1. The van der Waals surface area contributed by atoms with Crippen molar-refractivity contribution in [1.82, 2.24) is 9.78 Å². The van der Waals surface area contributed by atoms with Crippen molar-refractivity contribution in [2.24, 2.45) is 0 Å². The summed E-state index contributed by atoms with van der Waals surface area (Å²) in [5.41, 5.74) is 1.24. The van der Waals surface area contributed by atoms with E-state index in [2.05, 4.69) is 10.4 Å². The van der Waals surface area contributed by atoms with Crippen LogP contribution in [0, 0.1) is 10.1 Å². The maximum Gasteiger partial charge on any atom is 0.338 e. The molecule has 0 bridgehead atoms. The highest BCUT2D eigenvalue weighted by molar-refractivity contribution is 6.03. The van der Waals surface area contributed by atoms with Gasteiger partial charge in [0.15, 0.2) is 5.69 Å². The van der Waals surface area contributed by atoms with Crippen molar-refractivity contribution in [3.8, 4) is 5.69 Å². The predicted octanol–water partition coefficient (Wildman–Crippen LogP) is 3.21. The average molecular weight is 380 g/mol. The van der Waals surface area contributed by atoms with Crippen molar-refractivity contribution in [2.45, 2.75) is 6.92 Å². The molecule has 0 spiro atoms. The molecule has 0 aliphatic heterocycles. The van der Waals surface area contributed by atoms with Gasteiger partial charge >= 0.3 is 5.97 Å². The lowest BCUT2D eigenvalue weighted by Gasteiger charge is -2.06. The zero-order valence-corrected chi connectivity index (χ0v) is 14.9. The molecule has 28 heavy (non-hydrogen) atoms. The maximum absolute atomic E-state index is 12.4. The fraction of sp³-hybridized carbons (Fsp3) is 0.105. The third-order valence-corrected chi connectivity index (χ3v) is 3.76. The summed E-state index contributed by atoms with van der Waals surface area (Å²) in [6, 6.07) is 13.8. The summed E-state index contributed by atoms with van der Waals surface area (Å²) in [7, 11) is 0. The molecule has 1 amide bonds. The van der Waals surface area contributed by atoms with Gasteiger partial charge in [-0.05, 0) is 37.3 Å². The van der Waals surface area contributed by atoms with Gasteiger partial charge in [-0.25, -0.2) is 9.48 Å². The number of benzene rings is 2. The van der Waals surface area contributed by atoms with Crippen LogP contribution in [0.15, 0.2) is 60.8 Å². The minimum absolute atomic E-state index is 0.0743. The van der Waals surface area contributed by atoms with Crippen LogP contribution in [0.25, 0.3) is 5.69 Å². The van der Waals surface area contributed by atoms with Crippen molar-refractivity contribution < 1.29 is 19.2 Å². The molecule has 0 fully saturated rings. The van der Waals surface area contributed by atoms with Crippen molar-refractivity contribution in [2.75, 3.05) is 11.9 Å². The molecule has 9 nitrogen and oxygen atoms in total. The lowest BCUT2D eigenvalue weighted by Crippen LogP contribution is -2.14. The monoisotopic (exact) mass is 380 g/mol. The number of rotatable bonds is 6. The lowest BCUT2D eigenvalue weighted by atomic mass is 10.2. The number of amides is 1. The van der Waals surface area contributed by atoms with Gasteiger partial charge in [0.25, 0.3) is 11.6 Å². The van der Waals surface area contributed by atoms with Crippen molar-refractivity contribution in [3.05, 3.63) is 82.2 Å². The first-order chi connectivity index (χ1) is 13.5. The molecular weight excluding hydrogens is 364 g/mol. The Morgan fingerprint density at radius 2 is 1.96 bits per heavy atom. The van der Waals surface area contributed by atoms with E-state index in [0.717, 1.165) is 0 Å². The topological polar surface area (TPSA) is 116 Å². The van der Waals surface area contributed by atoms with E-state index < -0.39 is 16.8 Å². The minimum Gasteiger partial charge on any atom is -0.462 e. The van der Waals surface area contributed by atoms with Gasteiger partial charge in [0, 0.05) is 24.0 Å². The number of hydrogen-bond acceptors (Lipinski definition) is 6. The first kappa shape index (κ1) is 18.8. The number of anilines is 1. The summed E-state index contributed by atoms with van der Waals surface area (Å²) in [5, 5.41) is 17.7. The molecule has 0 radical (unpaired) electrons. The van der Waals surface area contributed by atoms with Crippen LogP contribution in [0.4, 0.5) is 11.4 Å². The fourth-order valence-electron chi connectivity index (χ4n) is 2.47. The zero-order chi connectivity index (χ0) is 20.1. The van der Waals surface area contributed by atoms with Crippen LogP contribution in [0.1, 0.15) is 27.8 Å². The Kier molecular flexibility index (Phi) is 5.45. The molecule has 1 heterocycles. The summed E-state index contributed by atoms with van der Waals surface area (Å²) in [6.45, 7) is 1.96. The van der Waals surface area contributed by atoms with Crippen LogP contribution in [0.2, 0.25) is 0 Å². The van der Waals surface area contributed by atoms with Gasteiger partial charge in [0.1, 0.15) is 0 Å². The maximum atomic E-state index is 12.4. The van der Waals surface area contributed by atoms with Gasteiger partial charge in [0.05, 0.1) is 22.8 Å². The second-order valence-corrected chi connectivity index (χ2v) is 5.68. The van der Waals surface area contributed by atoms with Gasteiger partial charge in [0.2, 0.25) is 0 Å². The molecule has 0 saturated heterocycles. The summed E-state index contributed by atoms with van der Waals surface area (Å²) in [6.07, 6.45) is 1.53. The summed E-state index contributed by atoms with van der Waals surface area (Å²) >= 11 is 0. The van der Waals surface area contributed by atoms with E-state index in [0.29, 0.717) is 16.9 Å². The normalized spacial score (nSPS) is 10.3. The van der Waals surface area contributed by atoms with Crippen molar-refractivity contribution in [3.63, 3.8) is 0 Å². The summed E-state index contributed by atoms with van der Waals surface area (Å²) in [5.74, 6) is -0.960. The number of carbonyl (C=O) groups excluding carboxylic acids is 2. The standard InChI is InChI=1S/C19H16N4O5/c1-2-28-19(25)13-5-3-6-14(11-13)20-18(24)17-9-10-22(21-17)15-7-4-8-16(12-15)23(26)27/h3-12H,2H2,1H3,(H,20,24). The molecule has 142 valence electrons. The molecule has 0 unspecified atom stereocenters. The molecular formula is C19H16N4O5. The SMILES string of the molecule is CCOC(=O)c1cccc(NC(=O)c2ccn(-c3cccc([N+](=O)[O-])c3)n2)c1. The number of esters is 1. The molecule has 1 N–H and O–H groups in total. The predicted molar refractivity (Wildman–Crippen MR) is 101 cm³/mol. The number of hydrogen-bond donors (Lipinski definition) is 1. The molecule has 2 aromatic carbocycles. The highest BCUT2D eigenvalue weighted by Crippen LogP contribution is 2.17. The molecule has 0 saturated carbocycles. The highest BCUT2D eigenvalue weighted by atomic mass is 16.6. The van der Waals surface area contributed by atoms with Gasteiger partial charge in [-0.15, -0.1) is 0 Å². The molecule has 3 aromatic rings. The minimum atomic E-state index is -0.503. The smallest absolute Gasteiger partial charge is 0.338 e. The quantitative estimate of drug-likeness (QED) is 0.399. The second-order valence-electron chi connectivity index (χ2n) is 5.68. The molecule has 9 heteroatoms. The van der Waals surface area contributed by atoms with Gasteiger partial charge in [-0.2, -0.15) is 5.10 Å². The Morgan fingerprint density at radius 1 is 1.18 bits per heavy atom. The van der Waals surface area contributed by atoms with Crippen LogP contribution in [0.5, 0.6) is 0 Å². The molecule has 0 aliphatic rings. The van der Waals surface area contributed by atoms with Crippen LogP contribution in [0.3, 0.4) is 0 Å². The van der Waals surface area contributed by atoms with E-state index in [1.165, 1.54) is 41.2 Å². The fourth-order valence-corrected chi connectivity index (χ4v) is 2.47. The first-order valence-electron chi connectivity index (χ1n) is 8.37. The largest absolute Gasteiger partial charge is 0.462 e. The van der Waals surface area contributed by atoms with E-state index >= 15 is 0 Å². The zero-order valence-electron chi connectivity index (χ0n) is 14.9. The summed E-state index contributed by atoms with van der Waals surface area (Å²) in [4.78, 5) is 34.6. The van der Waals surface area contributed by atoms with E-state index in [9.17, 15) is 19.7 Å². The third kappa shape index (κ3) is 4.21. The van der Waals surface area contributed by atoms with Crippen LogP contribution < -0.4 is 5.32 Å². The number of nitro groups is 1. The molecule has 3 rings (SSSR count). The average Bonchev–Trinajstić information content (AvgIpc) is 3.19. The molecule has 0 aliphatic carbocycles. The summed E-state index contributed by atoms with van der Waals surface area (Å²) < 4.78 is 6.31. The van der Waals surface area contributed by atoms with E-state index in [1.807, 2.05) is 0 Å². The number of nitrogens with zero attached hydrogens (tertiary/aromatic N) is 3.